The van der Waals surface area contributed by atoms with Crippen LogP contribution in [0, 0.1) is 0 Å². The van der Waals surface area contributed by atoms with Crippen molar-refractivity contribution in [3.63, 3.8) is 0 Å². The topological polar surface area (TPSA) is 54.2 Å². The number of hydrogen-bond acceptors (Lipinski definition) is 5. The van der Waals surface area contributed by atoms with Crippen LogP contribution in [0.2, 0.25) is 5.02 Å². The average Bonchev–Trinajstić information content (AvgIpc) is 2.87. The lowest BCUT2D eigenvalue weighted by Crippen LogP contribution is -2.48. The summed E-state index contributed by atoms with van der Waals surface area (Å²) in [6.45, 7) is 5.84. The lowest BCUT2D eigenvalue weighted by atomic mass is 10.2. The molecule has 20 heavy (non-hydrogen) atoms. The third-order valence-corrected chi connectivity index (χ3v) is 3.72. The lowest BCUT2D eigenvalue weighted by Gasteiger charge is -2.30. The van der Waals surface area contributed by atoms with Gasteiger partial charge >= 0.3 is 0 Å². The Labute approximate surface area is 122 Å². The predicted octanol–water partition coefficient (Wildman–Crippen LogP) is 2.18. The summed E-state index contributed by atoms with van der Waals surface area (Å²) < 4.78 is 5.33. The van der Waals surface area contributed by atoms with Gasteiger partial charge in [-0.05, 0) is 19.1 Å². The van der Waals surface area contributed by atoms with Gasteiger partial charge in [-0.15, -0.1) is 0 Å². The van der Waals surface area contributed by atoms with Crippen molar-refractivity contribution >= 4 is 11.6 Å². The monoisotopic (exact) mass is 292 g/mol. The molecule has 1 aromatic carbocycles. The summed E-state index contributed by atoms with van der Waals surface area (Å²) in [7, 11) is 0. The quantitative estimate of drug-likeness (QED) is 0.940. The van der Waals surface area contributed by atoms with Gasteiger partial charge in [0.2, 0.25) is 11.7 Å². The van der Waals surface area contributed by atoms with Crippen LogP contribution < -0.4 is 5.32 Å². The Morgan fingerprint density at radius 3 is 3.10 bits per heavy atom. The fraction of sp³-hybridized carbons (Fsp3) is 0.429. The first-order chi connectivity index (χ1) is 9.72. The smallest absolute Gasteiger partial charge is 0.241 e. The third kappa shape index (κ3) is 3.00. The van der Waals surface area contributed by atoms with Crippen molar-refractivity contribution in [1.82, 2.24) is 20.4 Å². The predicted molar refractivity (Wildman–Crippen MR) is 77.5 cm³/mol. The summed E-state index contributed by atoms with van der Waals surface area (Å²) in [6, 6.07) is 8.01. The molecule has 6 heteroatoms. The molecule has 1 atom stereocenters. The Bertz CT molecular complexity index is 586. The SMILES string of the molecule is C[C@H]1CN(Cc2nc(-c3ccccc3Cl)no2)CCN1. The van der Waals surface area contributed by atoms with Gasteiger partial charge in [-0.3, -0.25) is 4.90 Å². The van der Waals surface area contributed by atoms with Crippen molar-refractivity contribution < 1.29 is 4.52 Å². The van der Waals surface area contributed by atoms with Crippen LogP contribution in [0.3, 0.4) is 0 Å². The van der Waals surface area contributed by atoms with Gasteiger partial charge in [0, 0.05) is 31.2 Å². The highest BCUT2D eigenvalue weighted by Gasteiger charge is 2.19. The van der Waals surface area contributed by atoms with E-state index in [9.17, 15) is 0 Å². The summed E-state index contributed by atoms with van der Waals surface area (Å²) in [5.41, 5.74) is 0.804. The van der Waals surface area contributed by atoms with Gasteiger partial charge < -0.3 is 9.84 Å². The van der Waals surface area contributed by atoms with E-state index in [0.717, 1.165) is 25.2 Å². The summed E-state index contributed by atoms with van der Waals surface area (Å²) >= 11 is 6.14. The Morgan fingerprint density at radius 2 is 2.30 bits per heavy atom. The molecule has 1 aliphatic rings. The molecular weight excluding hydrogens is 276 g/mol. The van der Waals surface area contributed by atoms with Crippen LogP contribution in [0.5, 0.6) is 0 Å². The number of aromatic nitrogens is 2. The second-order valence-electron chi connectivity index (χ2n) is 5.08. The standard InChI is InChI=1S/C14H17ClN4O/c1-10-8-19(7-6-16-10)9-13-17-14(18-20-13)11-4-2-3-5-12(11)15/h2-5,10,16H,6-9H2,1H3/t10-/m0/s1. The molecule has 1 N–H and O–H groups in total. The van der Waals surface area contributed by atoms with E-state index in [0.29, 0.717) is 29.3 Å². The van der Waals surface area contributed by atoms with Crippen LogP contribution in [0.4, 0.5) is 0 Å². The highest BCUT2D eigenvalue weighted by Crippen LogP contribution is 2.25. The maximum atomic E-state index is 6.14. The van der Waals surface area contributed by atoms with E-state index in [1.807, 2.05) is 24.3 Å². The number of benzene rings is 1. The van der Waals surface area contributed by atoms with Gasteiger partial charge in [0.1, 0.15) is 0 Å². The van der Waals surface area contributed by atoms with Crippen molar-refractivity contribution in [2.24, 2.45) is 0 Å². The number of halogens is 1. The number of nitrogens with zero attached hydrogens (tertiary/aromatic N) is 3. The minimum atomic E-state index is 0.495. The third-order valence-electron chi connectivity index (χ3n) is 3.39. The minimum Gasteiger partial charge on any atom is -0.338 e. The molecule has 1 aliphatic heterocycles. The molecule has 1 saturated heterocycles. The van der Waals surface area contributed by atoms with E-state index < -0.39 is 0 Å². The van der Waals surface area contributed by atoms with Crippen LogP contribution in [-0.4, -0.2) is 40.7 Å². The number of hydrogen-bond donors (Lipinski definition) is 1. The molecule has 2 heterocycles. The van der Waals surface area contributed by atoms with Gasteiger partial charge in [0.05, 0.1) is 11.6 Å². The largest absolute Gasteiger partial charge is 0.338 e. The minimum absolute atomic E-state index is 0.495. The molecule has 1 aromatic heterocycles. The first kappa shape index (κ1) is 13.5. The molecule has 3 rings (SSSR count). The molecule has 0 saturated carbocycles. The van der Waals surface area contributed by atoms with Crippen molar-refractivity contribution in [2.45, 2.75) is 19.5 Å². The Balaban J connectivity index is 1.72. The van der Waals surface area contributed by atoms with E-state index in [-0.39, 0.29) is 0 Å². The van der Waals surface area contributed by atoms with Gasteiger partial charge in [0.15, 0.2) is 0 Å². The molecule has 0 bridgehead atoms. The zero-order chi connectivity index (χ0) is 13.9. The highest BCUT2D eigenvalue weighted by atomic mass is 35.5. The molecule has 0 aliphatic carbocycles. The Kier molecular flexibility index (Phi) is 4.00. The van der Waals surface area contributed by atoms with Gasteiger partial charge in [0.25, 0.3) is 0 Å². The Hall–Kier alpha value is -1.43. The molecule has 106 valence electrons. The van der Waals surface area contributed by atoms with E-state index in [4.69, 9.17) is 16.1 Å². The molecule has 1 fully saturated rings. The molecule has 5 nitrogen and oxygen atoms in total. The number of rotatable bonds is 3. The van der Waals surface area contributed by atoms with E-state index in [2.05, 4.69) is 27.3 Å². The van der Waals surface area contributed by atoms with Gasteiger partial charge in [-0.2, -0.15) is 4.98 Å². The molecule has 0 spiro atoms. The first-order valence-electron chi connectivity index (χ1n) is 6.75. The maximum Gasteiger partial charge on any atom is 0.241 e. The second-order valence-corrected chi connectivity index (χ2v) is 5.49. The fourth-order valence-corrected chi connectivity index (χ4v) is 2.64. The maximum absolute atomic E-state index is 6.14. The second kappa shape index (κ2) is 5.91. The molecule has 0 unspecified atom stereocenters. The number of piperazine rings is 1. The molecule has 0 amide bonds. The van der Waals surface area contributed by atoms with E-state index in [1.54, 1.807) is 0 Å². The van der Waals surface area contributed by atoms with Crippen LogP contribution in [0.15, 0.2) is 28.8 Å². The first-order valence-corrected chi connectivity index (χ1v) is 7.13. The summed E-state index contributed by atoms with van der Waals surface area (Å²) in [4.78, 5) is 6.75. The average molecular weight is 293 g/mol. The van der Waals surface area contributed by atoms with Crippen molar-refractivity contribution in [3.05, 3.63) is 35.2 Å². The number of nitrogens with one attached hydrogen (secondary N) is 1. The highest BCUT2D eigenvalue weighted by molar-refractivity contribution is 6.33. The van der Waals surface area contributed by atoms with Crippen molar-refractivity contribution in [2.75, 3.05) is 19.6 Å². The lowest BCUT2D eigenvalue weighted by molar-refractivity contribution is 0.177. The molecule has 2 aromatic rings. The summed E-state index contributed by atoms with van der Waals surface area (Å²) in [5, 5.41) is 8.06. The van der Waals surface area contributed by atoms with E-state index in [1.165, 1.54) is 0 Å². The van der Waals surface area contributed by atoms with Gasteiger partial charge in [-0.25, -0.2) is 0 Å². The normalized spacial score (nSPS) is 20.2. The zero-order valence-corrected chi connectivity index (χ0v) is 12.1. The van der Waals surface area contributed by atoms with Crippen molar-refractivity contribution in [1.29, 1.82) is 0 Å². The molecular formula is C14H17ClN4O. The summed E-state index contributed by atoms with van der Waals surface area (Å²) in [6.07, 6.45) is 0. The van der Waals surface area contributed by atoms with Crippen LogP contribution in [0.25, 0.3) is 11.4 Å². The van der Waals surface area contributed by atoms with E-state index >= 15 is 0 Å². The van der Waals surface area contributed by atoms with Crippen LogP contribution in [-0.2, 0) is 6.54 Å². The van der Waals surface area contributed by atoms with Gasteiger partial charge in [-0.1, -0.05) is 28.9 Å². The van der Waals surface area contributed by atoms with Crippen LogP contribution in [0.1, 0.15) is 12.8 Å². The molecule has 0 radical (unpaired) electrons. The zero-order valence-electron chi connectivity index (χ0n) is 11.3. The summed E-state index contributed by atoms with van der Waals surface area (Å²) in [5.74, 6) is 1.18. The van der Waals surface area contributed by atoms with Crippen LogP contribution >= 0.6 is 11.6 Å². The fourth-order valence-electron chi connectivity index (χ4n) is 2.42. The van der Waals surface area contributed by atoms with Crippen molar-refractivity contribution in [3.8, 4) is 11.4 Å². The Morgan fingerprint density at radius 1 is 1.45 bits per heavy atom.